The van der Waals surface area contributed by atoms with Crippen molar-refractivity contribution in [3.63, 3.8) is 0 Å². The summed E-state index contributed by atoms with van der Waals surface area (Å²) in [6.07, 6.45) is 0. The molecule has 0 spiro atoms. The molecule has 0 aliphatic carbocycles. The first-order chi connectivity index (χ1) is 10.3. The SMILES string of the molecule is Cc1cc2ccccc2c(C[Si](C(C)C)(C(C)C)C(C)C)n1. The molecule has 1 aromatic heterocycles. The van der Waals surface area contributed by atoms with Crippen molar-refractivity contribution in [1.82, 2.24) is 4.98 Å². The van der Waals surface area contributed by atoms with Crippen molar-refractivity contribution in [3.8, 4) is 0 Å². The summed E-state index contributed by atoms with van der Waals surface area (Å²) in [6.45, 7) is 16.7. The molecule has 0 bridgehead atoms. The second-order valence-corrected chi connectivity index (χ2v) is 13.7. The topological polar surface area (TPSA) is 12.9 Å². The highest BCUT2D eigenvalue weighted by molar-refractivity contribution is 6.83. The van der Waals surface area contributed by atoms with Crippen LogP contribution in [0.4, 0.5) is 0 Å². The van der Waals surface area contributed by atoms with Crippen LogP contribution in [0.3, 0.4) is 0 Å². The molecule has 2 rings (SSSR count). The van der Waals surface area contributed by atoms with Gasteiger partial charge in [0, 0.05) is 16.8 Å². The lowest BCUT2D eigenvalue weighted by molar-refractivity contribution is 0.793. The van der Waals surface area contributed by atoms with Gasteiger partial charge in [0.15, 0.2) is 0 Å². The van der Waals surface area contributed by atoms with Gasteiger partial charge in [-0.25, -0.2) is 0 Å². The van der Waals surface area contributed by atoms with Gasteiger partial charge in [-0.3, -0.25) is 4.98 Å². The number of benzene rings is 1. The van der Waals surface area contributed by atoms with Crippen LogP contribution in [0.5, 0.6) is 0 Å². The molecule has 22 heavy (non-hydrogen) atoms. The molecule has 0 saturated carbocycles. The smallest absolute Gasteiger partial charge is 0.0673 e. The molecular weight excluding hydrogens is 282 g/mol. The summed E-state index contributed by atoms with van der Waals surface area (Å²) in [4.78, 5) is 4.97. The first-order valence-corrected chi connectivity index (χ1v) is 11.1. The summed E-state index contributed by atoms with van der Waals surface area (Å²) in [5, 5.41) is 2.69. The lowest BCUT2D eigenvalue weighted by Crippen LogP contribution is -2.47. The number of fused-ring (bicyclic) bond motifs is 1. The van der Waals surface area contributed by atoms with Crippen LogP contribution in [0.25, 0.3) is 10.8 Å². The Labute approximate surface area is 137 Å². The molecule has 0 radical (unpaired) electrons. The van der Waals surface area contributed by atoms with E-state index in [1.807, 2.05) is 0 Å². The Kier molecular flexibility index (Phi) is 5.11. The Morgan fingerprint density at radius 3 is 2.00 bits per heavy atom. The van der Waals surface area contributed by atoms with Crippen molar-refractivity contribution in [2.24, 2.45) is 0 Å². The highest BCUT2D eigenvalue weighted by atomic mass is 28.3. The first-order valence-electron chi connectivity index (χ1n) is 8.64. The zero-order valence-electron chi connectivity index (χ0n) is 15.3. The Hall–Kier alpha value is -1.15. The average Bonchev–Trinajstić information content (AvgIpc) is 2.43. The van der Waals surface area contributed by atoms with Crippen molar-refractivity contribution in [2.45, 2.75) is 71.1 Å². The summed E-state index contributed by atoms with van der Waals surface area (Å²) in [7, 11) is -1.47. The maximum absolute atomic E-state index is 4.97. The van der Waals surface area contributed by atoms with Crippen LogP contribution in [-0.2, 0) is 6.04 Å². The van der Waals surface area contributed by atoms with E-state index in [1.54, 1.807) is 0 Å². The van der Waals surface area contributed by atoms with E-state index in [-0.39, 0.29) is 0 Å². The van der Waals surface area contributed by atoms with Gasteiger partial charge in [-0.2, -0.15) is 0 Å². The van der Waals surface area contributed by atoms with Gasteiger partial charge in [-0.05, 0) is 24.4 Å². The number of nitrogens with zero attached hydrogens (tertiary/aromatic N) is 1. The van der Waals surface area contributed by atoms with E-state index < -0.39 is 8.07 Å². The van der Waals surface area contributed by atoms with Crippen LogP contribution in [0, 0.1) is 6.92 Å². The second-order valence-electron chi connectivity index (χ2n) is 7.68. The van der Waals surface area contributed by atoms with Crippen molar-refractivity contribution in [1.29, 1.82) is 0 Å². The van der Waals surface area contributed by atoms with Gasteiger partial charge in [0.25, 0.3) is 0 Å². The molecule has 0 saturated heterocycles. The van der Waals surface area contributed by atoms with Crippen LogP contribution < -0.4 is 0 Å². The van der Waals surface area contributed by atoms with E-state index >= 15 is 0 Å². The van der Waals surface area contributed by atoms with Gasteiger partial charge in [0.1, 0.15) is 0 Å². The number of aryl methyl sites for hydroxylation is 1. The van der Waals surface area contributed by atoms with E-state index in [2.05, 4.69) is 78.8 Å². The molecule has 1 heterocycles. The largest absolute Gasteiger partial charge is 0.258 e. The Bertz CT molecular complexity index is 621. The highest BCUT2D eigenvalue weighted by Gasteiger charge is 2.43. The molecule has 0 unspecified atom stereocenters. The molecule has 0 aliphatic heterocycles. The fourth-order valence-electron chi connectivity index (χ4n) is 4.45. The highest BCUT2D eigenvalue weighted by Crippen LogP contribution is 2.44. The standard InChI is InChI=1S/C20H31NSi/c1-14(2)22(15(3)4,16(5)6)13-20-19-11-9-8-10-18(19)12-17(7)21-20/h8-12,14-16H,13H2,1-7H3. The van der Waals surface area contributed by atoms with E-state index in [1.165, 1.54) is 22.5 Å². The van der Waals surface area contributed by atoms with Gasteiger partial charge in [0.05, 0.1) is 8.07 Å². The maximum atomic E-state index is 4.97. The summed E-state index contributed by atoms with van der Waals surface area (Å²) in [5.41, 5.74) is 4.79. The van der Waals surface area contributed by atoms with Gasteiger partial charge < -0.3 is 0 Å². The summed E-state index contributed by atoms with van der Waals surface area (Å²) >= 11 is 0. The molecule has 0 fully saturated rings. The number of aromatic nitrogens is 1. The van der Waals surface area contributed by atoms with Crippen molar-refractivity contribution < 1.29 is 0 Å². The second kappa shape index (κ2) is 6.53. The zero-order valence-corrected chi connectivity index (χ0v) is 16.3. The fourth-order valence-corrected chi connectivity index (χ4v) is 10.5. The minimum atomic E-state index is -1.47. The maximum Gasteiger partial charge on any atom is 0.0673 e. The molecule has 2 heteroatoms. The third-order valence-corrected chi connectivity index (χ3v) is 13.0. The number of rotatable bonds is 5. The molecule has 2 aromatic rings. The molecule has 1 nitrogen and oxygen atoms in total. The summed E-state index contributed by atoms with van der Waals surface area (Å²) in [5.74, 6) is 0. The van der Waals surface area contributed by atoms with E-state index in [0.29, 0.717) is 0 Å². The van der Waals surface area contributed by atoms with Crippen LogP contribution >= 0.6 is 0 Å². The van der Waals surface area contributed by atoms with Gasteiger partial charge >= 0.3 is 0 Å². The van der Waals surface area contributed by atoms with Gasteiger partial charge in [-0.1, -0.05) is 82.4 Å². The monoisotopic (exact) mass is 313 g/mol. The van der Waals surface area contributed by atoms with E-state index in [4.69, 9.17) is 4.98 Å². The van der Waals surface area contributed by atoms with Crippen LogP contribution in [-0.4, -0.2) is 13.1 Å². The van der Waals surface area contributed by atoms with E-state index in [9.17, 15) is 0 Å². The van der Waals surface area contributed by atoms with E-state index in [0.717, 1.165) is 22.3 Å². The van der Waals surface area contributed by atoms with Crippen molar-refractivity contribution in [3.05, 3.63) is 41.7 Å². The lowest BCUT2D eigenvalue weighted by atomic mass is 10.1. The normalized spacial score (nSPS) is 12.8. The quantitative estimate of drug-likeness (QED) is 0.590. The molecule has 0 atom stereocenters. The van der Waals surface area contributed by atoms with Gasteiger partial charge in [-0.15, -0.1) is 0 Å². The molecule has 120 valence electrons. The Balaban J connectivity index is 2.60. The molecule has 0 amide bonds. The minimum Gasteiger partial charge on any atom is -0.258 e. The predicted molar refractivity (Wildman–Crippen MR) is 101 cm³/mol. The van der Waals surface area contributed by atoms with Gasteiger partial charge in [0.2, 0.25) is 0 Å². The first kappa shape index (κ1) is 17.2. The van der Waals surface area contributed by atoms with Crippen LogP contribution in [0.1, 0.15) is 52.9 Å². The van der Waals surface area contributed by atoms with Crippen LogP contribution in [0.15, 0.2) is 30.3 Å². The average molecular weight is 314 g/mol. The van der Waals surface area contributed by atoms with Crippen molar-refractivity contribution >= 4 is 18.8 Å². The Morgan fingerprint density at radius 2 is 1.45 bits per heavy atom. The summed E-state index contributed by atoms with van der Waals surface area (Å²) in [6, 6.07) is 12.1. The minimum absolute atomic E-state index is 0.772. The number of hydrogen-bond acceptors (Lipinski definition) is 1. The zero-order chi connectivity index (χ0) is 16.5. The molecular formula is C20H31NSi. The lowest BCUT2D eigenvalue weighted by Gasteiger charge is -2.43. The molecule has 0 aliphatic rings. The number of hydrogen-bond donors (Lipinski definition) is 0. The molecule has 0 N–H and O–H groups in total. The third-order valence-electron chi connectivity index (χ3n) is 5.65. The summed E-state index contributed by atoms with van der Waals surface area (Å²) < 4.78 is 0. The third kappa shape index (κ3) is 2.98. The molecule has 1 aromatic carbocycles. The van der Waals surface area contributed by atoms with Crippen LogP contribution in [0.2, 0.25) is 16.6 Å². The number of pyridine rings is 1. The predicted octanol–water partition coefficient (Wildman–Crippen LogP) is 6.30. The Morgan fingerprint density at radius 1 is 0.909 bits per heavy atom. The fraction of sp³-hybridized carbons (Fsp3) is 0.550. The van der Waals surface area contributed by atoms with Crippen molar-refractivity contribution in [2.75, 3.05) is 0 Å².